The van der Waals surface area contributed by atoms with Gasteiger partial charge >= 0.3 is 0 Å². The van der Waals surface area contributed by atoms with Crippen molar-refractivity contribution in [3.63, 3.8) is 0 Å². The van der Waals surface area contributed by atoms with Gasteiger partial charge in [-0.05, 0) is 61.6 Å². The summed E-state index contributed by atoms with van der Waals surface area (Å²) in [6.07, 6.45) is 2.40. The van der Waals surface area contributed by atoms with Crippen LogP contribution in [0.2, 0.25) is 0 Å². The van der Waals surface area contributed by atoms with Crippen LogP contribution in [-0.4, -0.2) is 40.9 Å². The summed E-state index contributed by atoms with van der Waals surface area (Å²) >= 11 is 1.26. The zero-order valence-electron chi connectivity index (χ0n) is 11.7. The second-order valence-corrected chi connectivity index (χ2v) is 6.78. The maximum absolute atomic E-state index is 12.6. The van der Waals surface area contributed by atoms with Gasteiger partial charge < -0.3 is 16.0 Å². The van der Waals surface area contributed by atoms with Crippen molar-refractivity contribution in [3.05, 3.63) is 23.1 Å². The van der Waals surface area contributed by atoms with Crippen molar-refractivity contribution in [2.75, 3.05) is 25.4 Å². The van der Waals surface area contributed by atoms with Gasteiger partial charge in [-0.1, -0.05) is 0 Å². The van der Waals surface area contributed by atoms with Gasteiger partial charge in [0.05, 0.1) is 5.52 Å². The molecule has 0 saturated carbocycles. The number of carbonyl (C=O) groups is 1. The zero-order chi connectivity index (χ0) is 14.4. The lowest BCUT2D eigenvalue weighted by molar-refractivity contribution is 0.0623. The fourth-order valence-corrected chi connectivity index (χ4v) is 4.24. The quantitative estimate of drug-likeness (QED) is 0.828. The molecule has 5 nitrogen and oxygen atoms in total. The molecule has 3 aliphatic rings. The number of fused-ring (bicyclic) bond motifs is 4. The van der Waals surface area contributed by atoms with Crippen LogP contribution in [0.25, 0.3) is 10.9 Å². The minimum Gasteiger partial charge on any atom is -0.399 e. The average Bonchev–Trinajstić information content (AvgIpc) is 2.91. The van der Waals surface area contributed by atoms with Gasteiger partial charge in [-0.2, -0.15) is 4.37 Å². The Balaban J connectivity index is 1.56. The molecular formula is C15H18N4OS. The number of hydrogen-bond acceptors (Lipinski definition) is 5. The van der Waals surface area contributed by atoms with Gasteiger partial charge in [0, 0.05) is 23.7 Å². The Morgan fingerprint density at radius 2 is 2.19 bits per heavy atom. The Labute approximate surface area is 127 Å². The van der Waals surface area contributed by atoms with Gasteiger partial charge in [-0.3, -0.25) is 4.79 Å². The predicted molar refractivity (Wildman–Crippen MR) is 84.5 cm³/mol. The molecule has 1 aromatic heterocycles. The van der Waals surface area contributed by atoms with Gasteiger partial charge in [0.2, 0.25) is 0 Å². The van der Waals surface area contributed by atoms with Crippen LogP contribution >= 0.6 is 11.5 Å². The number of nitrogens with two attached hydrogens (primary N) is 1. The van der Waals surface area contributed by atoms with Crippen LogP contribution in [0.15, 0.2) is 18.2 Å². The highest BCUT2D eigenvalue weighted by molar-refractivity contribution is 7.09. The summed E-state index contributed by atoms with van der Waals surface area (Å²) in [6.45, 7) is 3.35. The Hall–Kier alpha value is -1.66. The fraction of sp³-hybridized carbons (Fsp3) is 0.467. The second-order valence-electron chi connectivity index (χ2n) is 6.01. The van der Waals surface area contributed by atoms with Crippen LogP contribution in [0.4, 0.5) is 5.69 Å². The number of benzene rings is 1. The van der Waals surface area contributed by atoms with Crippen molar-refractivity contribution in [3.8, 4) is 0 Å². The third kappa shape index (κ3) is 2.28. The first-order valence-electron chi connectivity index (χ1n) is 7.39. The maximum atomic E-state index is 12.6. The average molecular weight is 302 g/mol. The van der Waals surface area contributed by atoms with E-state index in [4.69, 9.17) is 5.73 Å². The van der Waals surface area contributed by atoms with E-state index < -0.39 is 0 Å². The number of aromatic nitrogens is 1. The topological polar surface area (TPSA) is 71.2 Å². The Kier molecular flexibility index (Phi) is 3.08. The molecular weight excluding hydrogens is 284 g/mol. The number of piperidine rings is 3. The van der Waals surface area contributed by atoms with Gasteiger partial charge in [0.15, 0.2) is 0 Å². The van der Waals surface area contributed by atoms with Crippen molar-refractivity contribution < 1.29 is 4.79 Å². The number of amides is 1. The Bertz CT molecular complexity index is 690. The van der Waals surface area contributed by atoms with E-state index >= 15 is 0 Å². The van der Waals surface area contributed by atoms with E-state index in [9.17, 15) is 4.79 Å². The minimum absolute atomic E-state index is 0.00558. The standard InChI is InChI=1S/C15H18N4OS/c16-10-1-2-11-12(7-10)18-21-14(11)15(20)17-13-8-19-5-3-9(13)4-6-19/h1-2,7,9,13H,3-6,8,16H2,(H,17,20)/t13-/m0/s1. The number of anilines is 1. The van der Waals surface area contributed by atoms with Crippen LogP contribution < -0.4 is 11.1 Å². The molecule has 2 bridgehead atoms. The highest BCUT2D eigenvalue weighted by Crippen LogP contribution is 2.29. The second kappa shape index (κ2) is 4.96. The summed E-state index contributed by atoms with van der Waals surface area (Å²) in [6, 6.07) is 5.81. The maximum Gasteiger partial charge on any atom is 0.263 e. The molecule has 0 unspecified atom stereocenters. The molecule has 110 valence electrons. The monoisotopic (exact) mass is 302 g/mol. The lowest BCUT2D eigenvalue weighted by Gasteiger charge is -2.44. The van der Waals surface area contributed by atoms with E-state index in [1.54, 1.807) is 0 Å². The van der Waals surface area contributed by atoms with E-state index in [0.717, 1.165) is 17.4 Å². The predicted octanol–water partition coefficient (Wildman–Crippen LogP) is 1.70. The third-order valence-corrected chi connectivity index (χ3v) is 5.56. The van der Waals surface area contributed by atoms with Gasteiger partial charge in [-0.15, -0.1) is 0 Å². The van der Waals surface area contributed by atoms with Gasteiger partial charge in [-0.25, -0.2) is 0 Å². The van der Waals surface area contributed by atoms with E-state index in [1.807, 2.05) is 18.2 Å². The number of hydrogen-bond donors (Lipinski definition) is 2. The lowest BCUT2D eigenvalue weighted by Crippen LogP contribution is -2.57. The van der Waals surface area contributed by atoms with Crippen molar-refractivity contribution in [1.82, 2.24) is 14.6 Å². The molecule has 3 saturated heterocycles. The van der Waals surface area contributed by atoms with Crippen LogP contribution in [0.5, 0.6) is 0 Å². The highest BCUT2D eigenvalue weighted by atomic mass is 32.1. The van der Waals surface area contributed by atoms with Gasteiger partial charge in [0.1, 0.15) is 4.88 Å². The molecule has 0 spiro atoms. The number of nitrogens with one attached hydrogen (secondary N) is 1. The summed E-state index contributed by atoms with van der Waals surface area (Å²) in [7, 11) is 0. The molecule has 3 N–H and O–H groups in total. The van der Waals surface area contributed by atoms with Crippen molar-refractivity contribution >= 4 is 34.0 Å². The number of nitrogens with zero attached hydrogens (tertiary/aromatic N) is 2. The summed E-state index contributed by atoms with van der Waals surface area (Å²) in [5.74, 6) is 0.639. The summed E-state index contributed by atoms with van der Waals surface area (Å²) in [5, 5.41) is 4.11. The van der Waals surface area contributed by atoms with E-state index in [0.29, 0.717) is 16.5 Å². The molecule has 3 aliphatic heterocycles. The number of carbonyl (C=O) groups excluding carboxylic acids is 1. The molecule has 0 aliphatic carbocycles. The molecule has 5 rings (SSSR count). The zero-order valence-corrected chi connectivity index (χ0v) is 12.5. The smallest absolute Gasteiger partial charge is 0.263 e. The largest absolute Gasteiger partial charge is 0.399 e. The molecule has 21 heavy (non-hydrogen) atoms. The first kappa shape index (κ1) is 13.0. The van der Waals surface area contributed by atoms with Crippen LogP contribution in [-0.2, 0) is 0 Å². The van der Waals surface area contributed by atoms with Crippen molar-refractivity contribution in [2.45, 2.75) is 18.9 Å². The Morgan fingerprint density at radius 3 is 2.90 bits per heavy atom. The molecule has 1 atom stereocenters. The number of rotatable bonds is 2. The normalized spacial score (nSPS) is 27.9. The lowest BCUT2D eigenvalue weighted by atomic mass is 9.84. The SMILES string of the molecule is Nc1ccc2c(C(=O)N[C@H]3CN4CCC3CC4)snc2c1. The van der Waals surface area contributed by atoms with Crippen LogP contribution in [0.1, 0.15) is 22.5 Å². The van der Waals surface area contributed by atoms with Crippen molar-refractivity contribution in [1.29, 1.82) is 0 Å². The minimum atomic E-state index is 0.00558. The van der Waals surface area contributed by atoms with E-state index in [2.05, 4.69) is 14.6 Å². The van der Waals surface area contributed by atoms with E-state index in [1.165, 1.54) is 37.5 Å². The first-order chi connectivity index (χ1) is 10.2. The Morgan fingerprint density at radius 1 is 1.38 bits per heavy atom. The molecule has 6 heteroatoms. The third-order valence-electron chi connectivity index (χ3n) is 4.68. The molecule has 0 radical (unpaired) electrons. The number of nitrogen functional groups attached to an aromatic ring is 1. The fourth-order valence-electron chi connectivity index (χ4n) is 3.49. The highest BCUT2D eigenvalue weighted by Gasteiger charge is 2.35. The molecule has 4 heterocycles. The molecule has 3 fully saturated rings. The molecule has 1 aromatic carbocycles. The van der Waals surface area contributed by atoms with Crippen LogP contribution in [0.3, 0.4) is 0 Å². The first-order valence-corrected chi connectivity index (χ1v) is 8.16. The van der Waals surface area contributed by atoms with Gasteiger partial charge in [0.25, 0.3) is 5.91 Å². The molecule has 1 amide bonds. The molecule has 2 aromatic rings. The summed E-state index contributed by atoms with van der Waals surface area (Å²) in [5.41, 5.74) is 7.24. The van der Waals surface area contributed by atoms with Crippen molar-refractivity contribution in [2.24, 2.45) is 5.92 Å². The van der Waals surface area contributed by atoms with E-state index in [-0.39, 0.29) is 11.9 Å². The van der Waals surface area contributed by atoms with Crippen LogP contribution in [0, 0.1) is 5.92 Å². The summed E-state index contributed by atoms with van der Waals surface area (Å²) in [4.78, 5) is 15.7. The summed E-state index contributed by atoms with van der Waals surface area (Å²) < 4.78 is 4.33.